The topological polar surface area (TPSA) is 58.4 Å². The molecule has 1 aliphatic rings. The van der Waals surface area contributed by atoms with Crippen LogP contribution in [0.25, 0.3) is 0 Å². The van der Waals surface area contributed by atoms with Crippen LogP contribution in [0, 0.1) is 19.8 Å². The number of hydrogen-bond acceptors (Lipinski definition) is 3. The first kappa shape index (κ1) is 13.1. The highest BCUT2D eigenvalue weighted by Crippen LogP contribution is 2.27. The molecule has 1 saturated heterocycles. The monoisotopic (exact) mass is 251 g/mol. The van der Waals surface area contributed by atoms with Crippen molar-refractivity contribution in [3.8, 4) is 0 Å². The Morgan fingerprint density at radius 1 is 1.50 bits per heavy atom. The van der Waals surface area contributed by atoms with E-state index in [0.717, 1.165) is 25.2 Å². The first-order valence-electron chi connectivity index (χ1n) is 6.37. The third-order valence-corrected chi connectivity index (χ3v) is 4.22. The molecule has 1 aliphatic heterocycles. The van der Waals surface area contributed by atoms with Gasteiger partial charge in [-0.25, -0.2) is 0 Å². The van der Waals surface area contributed by atoms with Crippen LogP contribution in [0.5, 0.6) is 0 Å². The molecule has 0 aliphatic carbocycles. The molecule has 100 valence electrons. The van der Waals surface area contributed by atoms with Crippen LogP contribution >= 0.6 is 0 Å². The molecule has 2 atom stereocenters. The van der Waals surface area contributed by atoms with Crippen LogP contribution in [-0.4, -0.2) is 38.3 Å². The minimum atomic E-state index is -0.676. The smallest absolute Gasteiger partial charge is 0.308 e. The number of aromatic nitrogens is 2. The Morgan fingerprint density at radius 2 is 2.17 bits per heavy atom. The molecule has 0 saturated carbocycles. The highest BCUT2D eigenvalue weighted by atomic mass is 16.4. The number of rotatable bonds is 3. The maximum absolute atomic E-state index is 11.1. The predicted molar refractivity (Wildman–Crippen MR) is 68.3 cm³/mol. The molecule has 5 nitrogen and oxygen atoms in total. The lowest BCUT2D eigenvalue weighted by Gasteiger charge is -2.23. The summed E-state index contributed by atoms with van der Waals surface area (Å²) >= 11 is 0. The molecule has 0 spiro atoms. The van der Waals surface area contributed by atoms with Gasteiger partial charge in [-0.1, -0.05) is 0 Å². The summed E-state index contributed by atoms with van der Waals surface area (Å²) < 4.78 is 1.89. The Labute approximate surface area is 107 Å². The van der Waals surface area contributed by atoms with Gasteiger partial charge < -0.3 is 5.11 Å². The van der Waals surface area contributed by atoms with E-state index in [1.807, 2.05) is 25.6 Å². The minimum Gasteiger partial charge on any atom is -0.481 e. The van der Waals surface area contributed by atoms with Gasteiger partial charge in [0.2, 0.25) is 0 Å². The zero-order chi connectivity index (χ0) is 13.4. The number of hydrogen-bond donors (Lipinski definition) is 1. The van der Waals surface area contributed by atoms with Crippen LogP contribution in [0.3, 0.4) is 0 Å². The third-order valence-electron chi connectivity index (χ3n) is 4.22. The molecule has 2 heterocycles. The van der Waals surface area contributed by atoms with E-state index in [4.69, 9.17) is 5.11 Å². The summed E-state index contributed by atoms with van der Waals surface area (Å²) in [6.07, 6.45) is 0.745. The Balaban J connectivity index is 2.13. The molecule has 0 radical (unpaired) electrons. The molecule has 2 rings (SSSR count). The van der Waals surface area contributed by atoms with Gasteiger partial charge in [0.25, 0.3) is 0 Å². The highest BCUT2D eigenvalue weighted by molar-refractivity contribution is 5.71. The normalized spacial score (nSPS) is 24.7. The van der Waals surface area contributed by atoms with E-state index < -0.39 is 5.97 Å². The Hall–Kier alpha value is -1.36. The Bertz CT molecular complexity index is 467. The van der Waals surface area contributed by atoms with Crippen molar-refractivity contribution in [1.29, 1.82) is 0 Å². The molecule has 1 fully saturated rings. The van der Waals surface area contributed by atoms with Crippen LogP contribution in [0.4, 0.5) is 0 Å². The van der Waals surface area contributed by atoms with Crippen LogP contribution in [0.1, 0.15) is 30.3 Å². The second-order valence-electron chi connectivity index (χ2n) is 5.22. The lowest BCUT2D eigenvalue weighted by Crippen LogP contribution is -2.32. The van der Waals surface area contributed by atoms with Gasteiger partial charge in [-0.15, -0.1) is 0 Å². The zero-order valence-electron chi connectivity index (χ0n) is 11.5. The maximum Gasteiger partial charge on any atom is 0.308 e. The Morgan fingerprint density at radius 3 is 2.61 bits per heavy atom. The molecule has 0 amide bonds. The summed E-state index contributed by atoms with van der Waals surface area (Å²) in [6, 6.07) is 0.0986. The molecule has 1 N–H and O–H groups in total. The SMILES string of the molecule is Cc1nn(C)c(C)c1CN1CCC(C(=O)O)C1C. The average molecular weight is 251 g/mol. The molecular formula is C13H21N3O2. The van der Waals surface area contributed by atoms with E-state index in [1.54, 1.807) is 0 Å². The molecule has 1 aromatic heterocycles. The minimum absolute atomic E-state index is 0.0986. The number of carboxylic acids is 1. The number of carboxylic acid groups (broad SMARTS) is 1. The molecule has 0 bridgehead atoms. The zero-order valence-corrected chi connectivity index (χ0v) is 11.5. The molecule has 18 heavy (non-hydrogen) atoms. The van der Waals surface area contributed by atoms with Gasteiger partial charge >= 0.3 is 5.97 Å². The Kier molecular flexibility index (Phi) is 3.43. The van der Waals surface area contributed by atoms with E-state index in [2.05, 4.69) is 16.9 Å². The van der Waals surface area contributed by atoms with Crippen molar-refractivity contribution in [1.82, 2.24) is 14.7 Å². The van der Waals surface area contributed by atoms with E-state index in [0.29, 0.717) is 0 Å². The summed E-state index contributed by atoms with van der Waals surface area (Å²) in [7, 11) is 1.94. The number of likely N-dealkylation sites (tertiary alicyclic amines) is 1. The van der Waals surface area contributed by atoms with Crippen LogP contribution in [-0.2, 0) is 18.4 Å². The molecule has 2 unspecified atom stereocenters. The standard InChI is InChI=1S/C13H21N3O2/c1-8-12(9(2)15(4)14-8)7-16-6-5-11(10(16)3)13(17)18/h10-11H,5-7H2,1-4H3,(H,17,18). The highest BCUT2D eigenvalue weighted by Gasteiger charge is 2.35. The first-order chi connectivity index (χ1) is 8.41. The predicted octanol–water partition coefficient (Wildman–Crippen LogP) is 1.33. The van der Waals surface area contributed by atoms with Crippen LogP contribution in [0.15, 0.2) is 0 Å². The maximum atomic E-state index is 11.1. The van der Waals surface area contributed by atoms with Crippen molar-refractivity contribution in [2.45, 2.75) is 39.8 Å². The third kappa shape index (κ3) is 2.14. The summed E-state index contributed by atoms with van der Waals surface area (Å²) in [4.78, 5) is 13.4. The van der Waals surface area contributed by atoms with Gasteiger partial charge in [0.05, 0.1) is 11.6 Å². The van der Waals surface area contributed by atoms with E-state index in [-0.39, 0.29) is 12.0 Å². The number of nitrogens with zero attached hydrogens (tertiary/aromatic N) is 3. The van der Waals surface area contributed by atoms with E-state index in [9.17, 15) is 4.79 Å². The largest absolute Gasteiger partial charge is 0.481 e. The van der Waals surface area contributed by atoms with Crippen molar-refractivity contribution in [3.63, 3.8) is 0 Å². The fourth-order valence-electron chi connectivity index (χ4n) is 2.81. The fourth-order valence-corrected chi connectivity index (χ4v) is 2.81. The van der Waals surface area contributed by atoms with Crippen molar-refractivity contribution in [3.05, 3.63) is 17.0 Å². The second-order valence-corrected chi connectivity index (χ2v) is 5.22. The number of aryl methyl sites for hydroxylation is 2. The van der Waals surface area contributed by atoms with Crippen molar-refractivity contribution in [2.24, 2.45) is 13.0 Å². The molecule has 5 heteroatoms. The van der Waals surface area contributed by atoms with Gasteiger partial charge in [-0.05, 0) is 33.7 Å². The van der Waals surface area contributed by atoms with Crippen LogP contribution in [0.2, 0.25) is 0 Å². The number of carbonyl (C=O) groups is 1. The second kappa shape index (κ2) is 4.72. The lowest BCUT2D eigenvalue weighted by atomic mass is 10.0. The van der Waals surface area contributed by atoms with Crippen LogP contribution < -0.4 is 0 Å². The molecule has 0 aromatic carbocycles. The van der Waals surface area contributed by atoms with Crippen molar-refractivity contribution in [2.75, 3.05) is 6.54 Å². The van der Waals surface area contributed by atoms with E-state index >= 15 is 0 Å². The van der Waals surface area contributed by atoms with Crippen molar-refractivity contribution < 1.29 is 9.90 Å². The first-order valence-corrected chi connectivity index (χ1v) is 6.37. The fraction of sp³-hybridized carbons (Fsp3) is 0.692. The summed E-state index contributed by atoms with van der Waals surface area (Å²) in [6.45, 7) is 7.73. The van der Waals surface area contributed by atoms with Crippen molar-refractivity contribution >= 4 is 5.97 Å². The number of aliphatic carboxylic acids is 1. The van der Waals surface area contributed by atoms with Gasteiger partial charge in [-0.3, -0.25) is 14.4 Å². The average Bonchev–Trinajstić information content (AvgIpc) is 2.76. The van der Waals surface area contributed by atoms with Gasteiger partial charge in [0, 0.05) is 30.9 Å². The lowest BCUT2D eigenvalue weighted by molar-refractivity contribution is -0.142. The van der Waals surface area contributed by atoms with Gasteiger partial charge in [0.15, 0.2) is 0 Å². The van der Waals surface area contributed by atoms with Gasteiger partial charge in [0.1, 0.15) is 0 Å². The molecule has 1 aromatic rings. The molecular weight excluding hydrogens is 230 g/mol. The summed E-state index contributed by atoms with van der Waals surface area (Å²) in [5.41, 5.74) is 3.44. The summed E-state index contributed by atoms with van der Waals surface area (Å²) in [5.74, 6) is -0.910. The summed E-state index contributed by atoms with van der Waals surface area (Å²) in [5, 5.41) is 13.5. The quantitative estimate of drug-likeness (QED) is 0.880. The van der Waals surface area contributed by atoms with Gasteiger partial charge in [-0.2, -0.15) is 5.10 Å². The van der Waals surface area contributed by atoms with E-state index in [1.165, 1.54) is 11.3 Å².